The van der Waals surface area contributed by atoms with Gasteiger partial charge in [0.2, 0.25) is 0 Å². The molecule has 0 aliphatic rings. The van der Waals surface area contributed by atoms with E-state index in [1.807, 2.05) is 54.6 Å². The van der Waals surface area contributed by atoms with E-state index in [0.29, 0.717) is 6.42 Å². The molecule has 5 heteroatoms. The summed E-state index contributed by atoms with van der Waals surface area (Å²) in [4.78, 5) is 23.1. The molecule has 26 heavy (non-hydrogen) atoms. The van der Waals surface area contributed by atoms with Crippen LogP contribution < -0.4 is 5.32 Å². The number of hydrogen-bond acceptors (Lipinski definition) is 3. The fourth-order valence-corrected chi connectivity index (χ4v) is 2.61. The van der Waals surface area contributed by atoms with Crippen LogP contribution in [0.15, 0.2) is 54.6 Å². The van der Waals surface area contributed by atoms with Crippen molar-refractivity contribution in [2.45, 2.75) is 45.3 Å². The zero-order chi connectivity index (χ0) is 19.2. The summed E-state index contributed by atoms with van der Waals surface area (Å²) in [5, 5.41) is 11.8. The number of carboxylic acids is 1. The molecule has 0 spiro atoms. The maximum absolute atomic E-state index is 12.0. The molecule has 5 nitrogen and oxygen atoms in total. The Bertz CT molecular complexity index is 733. The first kappa shape index (κ1) is 19.5. The van der Waals surface area contributed by atoms with Crippen LogP contribution in [0, 0.1) is 0 Å². The number of benzene rings is 2. The second kappa shape index (κ2) is 8.52. The predicted octanol–water partition coefficient (Wildman–Crippen LogP) is 4.26. The SMILES string of the molecule is CC(C)(C)OC(=O)N[C@H](CC(=O)O)Cc1ccc(-c2ccccc2)cc1. The minimum Gasteiger partial charge on any atom is -0.481 e. The van der Waals surface area contributed by atoms with Crippen LogP contribution in [0.1, 0.15) is 32.8 Å². The van der Waals surface area contributed by atoms with Crippen molar-refractivity contribution in [2.75, 3.05) is 0 Å². The Morgan fingerprint density at radius 3 is 2.12 bits per heavy atom. The number of hydrogen-bond donors (Lipinski definition) is 2. The predicted molar refractivity (Wildman–Crippen MR) is 101 cm³/mol. The molecule has 1 atom stereocenters. The van der Waals surface area contributed by atoms with Crippen molar-refractivity contribution in [1.29, 1.82) is 0 Å². The quantitative estimate of drug-likeness (QED) is 0.812. The Morgan fingerprint density at radius 1 is 1.00 bits per heavy atom. The molecule has 0 saturated heterocycles. The van der Waals surface area contributed by atoms with Crippen molar-refractivity contribution in [3.8, 4) is 11.1 Å². The maximum Gasteiger partial charge on any atom is 0.407 e. The van der Waals surface area contributed by atoms with Crippen LogP contribution in [0.4, 0.5) is 4.79 Å². The van der Waals surface area contributed by atoms with Crippen LogP contribution in [0.25, 0.3) is 11.1 Å². The van der Waals surface area contributed by atoms with Gasteiger partial charge in [-0.1, -0.05) is 54.6 Å². The Balaban J connectivity index is 2.05. The van der Waals surface area contributed by atoms with Gasteiger partial charge in [0.05, 0.1) is 6.42 Å². The lowest BCUT2D eigenvalue weighted by molar-refractivity contribution is -0.137. The molecule has 0 aromatic heterocycles. The lowest BCUT2D eigenvalue weighted by Crippen LogP contribution is -2.41. The largest absolute Gasteiger partial charge is 0.481 e. The second-order valence-corrected chi connectivity index (χ2v) is 7.21. The summed E-state index contributed by atoms with van der Waals surface area (Å²) in [6.45, 7) is 5.29. The average Bonchev–Trinajstić information content (AvgIpc) is 2.54. The van der Waals surface area contributed by atoms with Crippen molar-refractivity contribution in [2.24, 2.45) is 0 Å². The molecule has 2 rings (SSSR count). The van der Waals surface area contributed by atoms with Gasteiger partial charge in [0.15, 0.2) is 0 Å². The van der Waals surface area contributed by atoms with Gasteiger partial charge >= 0.3 is 12.1 Å². The van der Waals surface area contributed by atoms with Gasteiger partial charge in [-0.15, -0.1) is 0 Å². The molecule has 138 valence electrons. The van der Waals surface area contributed by atoms with Crippen LogP contribution in [-0.2, 0) is 16.0 Å². The third kappa shape index (κ3) is 6.59. The fourth-order valence-electron chi connectivity index (χ4n) is 2.61. The Morgan fingerprint density at radius 2 is 1.58 bits per heavy atom. The third-order valence-corrected chi connectivity index (χ3v) is 3.69. The van der Waals surface area contributed by atoms with E-state index in [4.69, 9.17) is 9.84 Å². The third-order valence-electron chi connectivity index (χ3n) is 3.69. The number of amides is 1. The normalized spacial score (nSPS) is 12.3. The molecule has 0 saturated carbocycles. The monoisotopic (exact) mass is 355 g/mol. The number of carbonyl (C=O) groups is 2. The summed E-state index contributed by atoms with van der Waals surface area (Å²) < 4.78 is 5.22. The Kier molecular flexibility index (Phi) is 6.39. The average molecular weight is 355 g/mol. The molecule has 0 radical (unpaired) electrons. The second-order valence-electron chi connectivity index (χ2n) is 7.21. The topological polar surface area (TPSA) is 75.6 Å². The summed E-state index contributed by atoms with van der Waals surface area (Å²) >= 11 is 0. The standard InChI is InChI=1S/C21H25NO4/c1-21(2,3)26-20(25)22-18(14-19(23)24)13-15-9-11-17(12-10-15)16-7-5-4-6-8-16/h4-12,18H,13-14H2,1-3H3,(H,22,25)(H,23,24)/t18-/m0/s1. The van der Waals surface area contributed by atoms with Crippen molar-refractivity contribution >= 4 is 12.1 Å². The van der Waals surface area contributed by atoms with Crippen molar-refractivity contribution in [3.63, 3.8) is 0 Å². The highest BCUT2D eigenvalue weighted by molar-refractivity contribution is 5.71. The number of ether oxygens (including phenoxy) is 1. The van der Waals surface area contributed by atoms with E-state index in [1.54, 1.807) is 20.8 Å². The van der Waals surface area contributed by atoms with E-state index >= 15 is 0 Å². The molecule has 2 N–H and O–H groups in total. The number of rotatable bonds is 6. The van der Waals surface area contributed by atoms with Gasteiger partial charge in [0.25, 0.3) is 0 Å². The van der Waals surface area contributed by atoms with Crippen molar-refractivity contribution < 1.29 is 19.4 Å². The van der Waals surface area contributed by atoms with Crippen molar-refractivity contribution in [1.82, 2.24) is 5.32 Å². The minimum atomic E-state index is -0.966. The first-order chi connectivity index (χ1) is 12.2. The zero-order valence-corrected chi connectivity index (χ0v) is 15.4. The molecule has 0 fully saturated rings. The molecule has 0 aliphatic heterocycles. The van der Waals surface area contributed by atoms with Crippen LogP contribution in [0.5, 0.6) is 0 Å². The minimum absolute atomic E-state index is 0.167. The first-order valence-corrected chi connectivity index (χ1v) is 8.58. The number of aliphatic carboxylic acids is 1. The highest BCUT2D eigenvalue weighted by Gasteiger charge is 2.21. The van der Waals surface area contributed by atoms with Gasteiger partial charge in [-0.2, -0.15) is 0 Å². The van der Waals surface area contributed by atoms with Gasteiger partial charge in [-0.3, -0.25) is 4.79 Å². The molecule has 0 heterocycles. The summed E-state index contributed by atoms with van der Waals surface area (Å²) in [6.07, 6.45) is -0.357. The summed E-state index contributed by atoms with van der Waals surface area (Å²) in [7, 11) is 0. The van der Waals surface area contributed by atoms with Gasteiger partial charge < -0.3 is 15.2 Å². The molecule has 2 aromatic rings. The van der Waals surface area contributed by atoms with E-state index in [2.05, 4.69) is 5.32 Å². The van der Waals surface area contributed by atoms with Crippen LogP contribution >= 0.6 is 0 Å². The number of nitrogens with one attached hydrogen (secondary N) is 1. The van der Waals surface area contributed by atoms with Gasteiger partial charge in [0, 0.05) is 6.04 Å². The number of carboxylic acid groups (broad SMARTS) is 1. The van der Waals surface area contributed by atoms with E-state index < -0.39 is 23.7 Å². The number of alkyl carbamates (subject to hydrolysis) is 1. The van der Waals surface area contributed by atoms with Crippen LogP contribution in [0.2, 0.25) is 0 Å². The fraction of sp³-hybridized carbons (Fsp3) is 0.333. The van der Waals surface area contributed by atoms with E-state index in [-0.39, 0.29) is 6.42 Å². The molecule has 0 unspecified atom stereocenters. The van der Waals surface area contributed by atoms with E-state index in [0.717, 1.165) is 16.7 Å². The van der Waals surface area contributed by atoms with Gasteiger partial charge in [-0.05, 0) is 43.9 Å². The number of carbonyl (C=O) groups excluding carboxylic acids is 1. The highest BCUT2D eigenvalue weighted by Crippen LogP contribution is 2.20. The van der Waals surface area contributed by atoms with E-state index in [1.165, 1.54) is 0 Å². The first-order valence-electron chi connectivity index (χ1n) is 8.58. The summed E-state index contributed by atoms with van der Waals surface area (Å²) in [5.41, 5.74) is 2.53. The lowest BCUT2D eigenvalue weighted by atomic mass is 9.99. The molecule has 0 bridgehead atoms. The summed E-state index contributed by atoms with van der Waals surface area (Å²) in [5.74, 6) is -0.966. The van der Waals surface area contributed by atoms with Crippen molar-refractivity contribution in [3.05, 3.63) is 60.2 Å². The zero-order valence-electron chi connectivity index (χ0n) is 15.4. The molecule has 1 amide bonds. The molecule has 0 aliphatic carbocycles. The highest BCUT2D eigenvalue weighted by atomic mass is 16.6. The Labute approximate surface area is 154 Å². The summed E-state index contributed by atoms with van der Waals surface area (Å²) in [6, 6.07) is 17.4. The van der Waals surface area contributed by atoms with Gasteiger partial charge in [-0.25, -0.2) is 4.79 Å². The van der Waals surface area contributed by atoms with Crippen LogP contribution in [0.3, 0.4) is 0 Å². The lowest BCUT2D eigenvalue weighted by Gasteiger charge is -2.23. The molecular weight excluding hydrogens is 330 g/mol. The molecule has 2 aromatic carbocycles. The Hall–Kier alpha value is -2.82. The molecular formula is C21H25NO4. The van der Waals surface area contributed by atoms with E-state index in [9.17, 15) is 9.59 Å². The van der Waals surface area contributed by atoms with Crippen LogP contribution in [-0.4, -0.2) is 28.8 Å². The van der Waals surface area contributed by atoms with Gasteiger partial charge in [0.1, 0.15) is 5.60 Å². The smallest absolute Gasteiger partial charge is 0.407 e. The maximum atomic E-state index is 12.0.